The van der Waals surface area contributed by atoms with Gasteiger partial charge in [-0.05, 0) is 18.1 Å². The van der Waals surface area contributed by atoms with E-state index >= 15 is 0 Å². The number of hydrogen-bond acceptors (Lipinski definition) is 6. The number of nitrogens with one attached hydrogen (secondary N) is 1. The highest BCUT2D eigenvalue weighted by molar-refractivity contribution is 6.09. The lowest BCUT2D eigenvalue weighted by molar-refractivity contribution is -0.153. The minimum atomic E-state index is -1.94. The number of aliphatic carboxylic acids is 1. The lowest BCUT2D eigenvalue weighted by Gasteiger charge is -2.29. The molecule has 0 radical (unpaired) electrons. The lowest BCUT2D eigenvalue weighted by atomic mass is 9.79. The number of nitrogens with zero attached hydrogens (tertiary/aromatic N) is 1. The van der Waals surface area contributed by atoms with Crippen LogP contribution in [-0.4, -0.2) is 63.3 Å². The zero-order valence-corrected chi connectivity index (χ0v) is 13.7. The number of aliphatic hydroxyl groups is 2. The smallest absolute Gasteiger partial charge is 0.327 e. The van der Waals surface area contributed by atoms with Crippen molar-refractivity contribution in [1.29, 1.82) is 0 Å². The van der Waals surface area contributed by atoms with Crippen LogP contribution in [0, 0.1) is 18.8 Å². The van der Waals surface area contributed by atoms with Gasteiger partial charge in [0.25, 0.3) is 0 Å². The molecule has 2 heterocycles. The fourth-order valence-corrected chi connectivity index (χ4v) is 4.00. The predicted molar refractivity (Wildman–Crippen MR) is 85.3 cm³/mol. The van der Waals surface area contributed by atoms with Crippen molar-refractivity contribution in [3.63, 3.8) is 0 Å². The van der Waals surface area contributed by atoms with Crippen molar-refractivity contribution in [2.75, 3.05) is 19.8 Å². The highest BCUT2D eigenvalue weighted by Gasteiger charge is 2.68. The van der Waals surface area contributed by atoms with Gasteiger partial charge in [-0.15, -0.1) is 0 Å². The zero-order valence-electron chi connectivity index (χ0n) is 13.7. The first-order chi connectivity index (χ1) is 11.9. The summed E-state index contributed by atoms with van der Waals surface area (Å²) in [6.07, 6.45) is 0. The van der Waals surface area contributed by atoms with Crippen molar-refractivity contribution in [2.24, 2.45) is 11.8 Å². The molecule has 8 nitrogen and oxygen atoms in total. The summed E-state index contributed by atoms with van der Waals surface area (Å²) < 4.78 is 0. The van der Waals surface area contributed by atoms with Gasteiger partial charge in [-0.2, -0.15) is 0 Å². The molecular weight excluding hydrogens is 328 g/mol. The van der Waals surface area contributed by atoms with Crippen LogP contribution >= 0.6 is 0 Å². The molecule has 2 amide bonds. The van der Waals surface area contributed by atoms with Gasteiger partial charge in [0, 0.05) is 6.04 Å². The van der Waals surface area contributed by atoms with Crippen LogP contribution in [0.4, 0.5) is 0 Å². The standard InChI is InChI=1S/C17H20N2O6/c1-9-4-2-3-5-10(9)13-11-12(17(8-21,18-13)16(24)25)15(23)19(6-7-20)14(11)22/h2-5,11-13,18,20-21H,6-8H2,1H3,(H,24,25). The van der Waals surface area contributed by atoms with Crippen molar-refractivity contribution in [1.82, 2.24) is 10.2 Å². The number of imide groups is 1. The Hall–Kier alpha value is -2.29. The Morgan fingerprint density at radius 2 is 1.92 bits per heavy atom. The molecule has 3 rings (SSSR count). The Morgan fingerprint density at radius 3 is 2.48 bits per heavy atom. The first kappa shape index (κ1) is 17.5. The van der Waals surface area contributed by atoms with E-state index in [0.717, 1.165) is 10.5 Å². The molecular formula is C17H20N2O6. The third-order valence-electron chi connectivity index (χ3n) is 5.22. The monoisotopic (exact) mass is 348 g/mol. The number of aliphatic hydroxyl groups excluding tert-OH is 2. The third-order valence-corrected chi connectivity index (χ3v) is 5.22. The van der Waals surface area contributed by atoms with Crippen molar-refractivity contribution < 1.29 is 29.7 Å². The molecule has 0 spiro atoms. The highest BCUT2D eigenvalue weighted by Crippen LogP contribution is 2.49. The van der Waals surface area contributed by atoms with Gasteiger partial charge in [0.2, 0.25) is 11.8 Å². The van der Waals surface area contributed by atoms with Crippen LogP contribution in [0.15, 0.2) is 24.3 Å². The SMILES string of the molecule is Cc1ccccc1C1NC(CO)(C(=O)O)C2C(=O)N(CCO)C(=O)C12. The molecule has 1 aromatic carbocycles. The second-order valence-corrected chi connectivity index (χ2v) is 6.47. The van der Waals surface area contributed by atoms with E-state index in [1.54, 1.807) is 12.1 Å². The molecule has 8 heteroatoms. The summed E-state index contributed by atoms with van der Waals surface area (Å²) in [5, 5.41) is 31.5. The van der Waals surface area contributed by atoms with E-state index in [1.165, 1.54) is 0 Å². The Bertz CT molecular complexity index is 736. The van der Waals surface area contributed by atoms with Crippen LogP contribution in [0.5, 0.6) is 0 Å². The number of aryl methyl sites for hydroxylation is 1. The molecule has 25 heavy (non-hydrogen) atoms. The summed E-state index contributed by atoms with van der Waals surface area (Å²) in [5.74, 6) is -4.75. The molecule has 1 aromatic rings. The molecule has 2 aliphatic heterocycles. The maximum absolute atomic E-state index is 12.8. The molecule has 2 aliphatic rings. The van der Waals surface area contributed by atoms with Gasteiger partial charge < -0.3 is 15.3 Å². The van der Waals surface area contributed by atoms with Gasteiger partial charge >= 0.3 is 5.97 Å². The number of fused-ring (bicyclic) bond motifs is 1. The average Bonchev–Trinajstić information content (AvgIpc) is 3.06. The maximum Gasteiger partial charge on any atom is 0.327 e. The molecule has 4 N–H and O–H groups in total. The summed E-state index contributed by atoms with van der Waals surface area (Å²) in [7, 11) is 0. The van der Waals surface area contributed by atoms with Gasteiger partial charge in [0.1, 0.15) is 0 Å². The van der Waals surface area contributed by atoms with Gasteiger partial charge in [0.15, 0.2) is 5.54 Å². The molecule has 134 valence electrons. The minimum Gasteiger partial charge on any atom is -0.480 e. The Morgan fingerprint density at radius 1 is 1.24 bits per heavy atom. The van der Waals surface area contributed by atoms with E-state index in [9.17, 15) is 24.6 Å². The van der Waals surface area contributed by atoms with E-state index in [0.29, 0.717) is 5.56 Å². The van der Waals surface area contributed by atoms with Crippen LogP contribution in [0.25, 0.3) is 0 Å². The topological polar surface area (TPSA) is 127 Å². The van der Waals surface area contributed by atoms with Crippen molar-refractivity contribution >= 4 is 17.8 Å². The number of carbonyl (C=O) groups is 3. The number of carboxylic acids is 1. The molecule has 0 bridgehead atoms. The lowest BCUT2D eigenvalue weighted by Crippen LogP contribution is -2.58. The average molecular weight is 348 g/mol. The summed E-state index contributed by atoms with van der Waals surface area (Å²) in [6, 6.07) is 6.48. The summed E-state index contributed by atoms with van der Waals surface area (Å²) in [4.78, 5) is 38.3. The molecule has 0 aromatic heterocycles. The van der Waals surface area contributed by atoms with E-state index < -0.39 is 54.4 Å². The number of carbonyl (C=O) groups excluding carboxylic acids is 2. The highest BCUT2D eigenvalue weighted by atomic mass is 16.4. The van der Waals surface area contributed by atoms with Crippen molar-refractivity contribution in [3.05, 3.63) is 35.4 Å². The number of rotatable bonds is 5. The minimum absolute atomic E-state index is 0.188. The largest absolute Gasteiger partial charge is 0.480 e. The summed E-state index contributed by atoms with van der Waals surface area (Å²) in [6.45, 7) is 0.418. The van der Waals surface area contributed by atoms with E-state index in [-0.39, 0.29) is 6.54 Å². The fraction of sp³-hybridized carbons (Fsp3) is 0.471. The zero-order chi connectivity index (χ0) is 18.4. The molecule has 2 saturated heterocycles. The predicted octanol–water partition coefficient (Wildman–Crippen LogP) is -0.951. The van der Waals surface area contributed by atoms with Gasteiger partial charge in [-0.3, -0.25) is 24.6 Å². The van der Waals surface area contributed by atoms with Crippen LogP contribution in [0.1, 0.15) is 17.2 Å². The first-order valence-corrected chi connectivity index (χ1v) is 8.02. The molecule has 0 saturated carbocycles. The van der Waals surface area contributed by atoms with Crippen LogP contribution in [-0.2, 0) is 14.4 Å². The van der Waals surface area contributed by atoms with Crippen LogP contribution in [0.2, 0.25) is 0 Å². The first-order valence-electron chi connectivity index (χ1n) is 8.02. The van der Waals surface area contributed by atoms with E-state index in [1.807, 2.05) is 19.1 Å². The molecule has 2 fully saturated rings. The van der Waals surface area contributed by atoms with E-state index in [4.69, 9.17) is 5.11 Å². The molecule has 4 unspecified atom stereocenters. The Kier molecular flexibility index (Phi) is 4.36. The number of likely N-dealkylation sites (tertiary alicyclic amines) is 1. The number of hydrogen-bond donors (Lipinski definition) is 4. The number of β-amino-alcohol motifs (C(OH)–C–C–N with tert-alkyl or cyclic N) is 1. The third kappa shape index (κ3) is 2.37. The second kappa shape index (κ2) is 6.21. The normalized spacial score (nSPS) is 31.5. The van der Waals surface area contributed by atoms with Crippen LogP contribution in [0.3, 0.4) is 0 Å². The Labute approximate surface area is 144 Å². The Balaban J connectivity index is 2.14. The van der Waals surface area contributed by atoms with Crippen molar-refractivity contribution in [2.45, 2.75) is 18.5 Å². The number of amides is 2. The van der Waals surface area contributed by atoms with Crippen molar-refractivity contribution in [3.8, 4) is 0 Å². The van der Waals surface area contributed by atoms with Gasteiger partial charge in [0.05, 0.1) is 31.6 Å². The van der Waals surface area contributed by atoms with Crippen LogP contribution < -0.4 is 5.32 Å². The maximum atomic E-state index is 12.8. The second-order valence-electron chi connectivity index (χ2n) is 6.47. The van der Waals surface area contributed by atoms with E-state index in [2.05, 4.69) is 5.32 Å². The van der Waals surface area contributed by atoms with Gasteiger partial charge in [-0.25, -0.2) is 0 Å². The summed E-state index contributed by atoms with van der Waals surface area (Å²) >= 11 is 0. The number of carboxylic acid groups (broad SMARTS) is 1. The summed E-state index contributed by atoms with van der Waals surface area (Å²) in [5.41, 5.74) is -0.381. The number of benzene rings is 1. The molecule has 4 atom stereocenters. The van der Waals surface area contributed by atoms with Gasteiger partial charge in [-0.1, -0.05) is 24.3 Å². The quantitative estimate of drug-likeness (QED) is 0.505. The molecule has 0 aliphatic carbocycles. The fourth-order valence-electron chi connectivity index (χ4n) is 4.00.